The Bertz CT molecular complexity index is 1120. The van der Waals surface area contributed by atoms with Crippen molar-refractivity contribution in [1.29, 1.82) is 0 Å². The topological polar surface area (TPSA) is 43.2 Å². The first kappa shape index (κ1) is 18.6. The molecule has 1 aliphatic carbocycles. The number of hydrogen-bond acceptors (Lipinski definition) is 4. The van der Waals surface area contributed by atoms with Crippen molar-refractivity contribution in [3.8, 4) is 5.69 Å². The molecule has 0 unspecified atom stereocenters. The number of ether oxygens (including phenoxy) is 1. The van der Waals surface area contributed by atoms with E-state index in [0.29, 0.717) is 5.92 Å². The number of nitrogens with zero attached hydrogens (tertiary/aromatic N) is 4. The summed E-state index contributed by atoms with van der Waals surface area (Å²) in [4.78, 5) is 2.27. The van der Waals surface area contributed by atoms with Crippen molar-refractivity contribution in [3.05, 3.63) is 75.8 Å². The average molecular weight is 421 g/mol. The minimum absolute atomic E-state index is 0.111. The summed E-state index contributed by atoms with van der Waals surface area (Å²) < 4.78 is 8.66. The maximum Gasteiger partial charge on any atom is 0.151 e. The highest BCUT2D eigenvalue weighted by Crippen LogP contribution is 2.50. The van der Waals surface area contributed by atoms with Crippen LogP contribution >= 0.6 is 11.6 Å². The molecule has 6 heteroatoms. The third kappa shape index (κ3) is 2.83. The van der Waals surface area contributed by atoms with Gasteiger partial charge in [-0.25, -0.2) is 0 Å². The number of benzene rings is 2. The quantitative estimate of drug-likeness (QED) is 0.558. The van der Waals surface area contributed by atoms with Gasteiger partial charge in [-0.05, 0) is 67.6 Å². The minimum atomic E-state index is -0.111. The maximum absolute atomic E-state index is 6.37. The number of fused-ring (bicyclic) bond motifs is 5. The highest BCUT2D eigenvalue weighted by Gasteiger charge is 2.44. The zero-order valence-electron chi connectivity index (χ0n) is 17.1. The molecule has 2 aromatic carbocycles. The van der Waals surface area contributed by atoms with Gasteiger partial charge in [0.05, 0.1) is 24.4 Å². The number of halogens is 1. The van der Waals surface area contributed by atoms with E-state index >= 15 is 0 Å². The van der Waals surface area contributed by atoms with E-state index in [4.69, 9.17) is 21.4 Å². The van der Waals surface area contributed by atoms with Gasteiger partial charge >= 0.3 is 0 Å². The van der Waals surface area contributed by atoms with Gasteiger partial charge < -0.3 is 4.74 Å². The van der Waals surface area contributed by atoms with E-state index in [1.165, 1.54) is 22.4 Å². The zero-order chi connectivity index (χ0) is 20.3. The second-order valence-corrected chi connectivity index (χ2v) is 9.41. The van der Waals surface area contributed by atoms with Gasteiger partial charge in [-0.1, -0.05) is 35.9 Å². The molecule has 30 heavy (non-hydrogen) atoms. The molecule has 0 radical (unpaired) electrons. The first-order chi connectivity index (χ1) is 14.6. The summed E-state index contributed by atoms with van der Waals surface area (Å²) in [5.74, 6) is 2.49. The Morgan fingerprint density at radius 1 is 1.03 bits per heavy atom. The van der Waals surface area contributed by atoms with Gasteiger partial charge in [0.1, 0.15) is 5.82 Å². The summed E-state index contributed by atoms with van der Waals surface area (Å²) in [6, 6.07) is 14.9. The monoisotopic (exact) mass is 420 g/mol. The SMILES string of the molecule is CN1Cc2cc(Cl)ccc2-n2c(nnc2C2CCC3(CC2)OCc2ccccc23)C1. The summed E-state index contributed by atoms with van der Waals surface area (Å²) in [6.07, 6.45) is 4.19. The molecule has 1 aromatic heterocycles. The van der Waals surface area contributed by atoms with Crippen molar-refractivity contribution in [2.75, 3.05) is 7.05 Å². The third-order valence-electron chi connectivity index (χ3n) is 7.06. The highest BCUT2D eigenvalue weighted by atomic mass is 35.5. The van der Waals surface area contributed by atoms with Crippen LogP contribution in [0.1, 0.15) is 59.9 Å². The van der Waals surface area contributed by atoms with E-state index in [2.05, 4.69) is 58.0 Å². The molecular weight excluding hydrogens is 396 g/mol. The Morgan fingerprint density at radius 3 is 2.73 bits per heavy atom. The lowest BCUT2D eigenvalue weighted by Gasteiger charge is -2.37. The minimum Gasteiger partial charge on any atom is -0.366 e. The summed E-state index contributed by atoms with van der Waals surface area (Å²) >= 11 is 6.30. The zero-order valence-corrected chi connectivity index (χ0v) is 17.9. The van der Waals surface area contributed by atoms with Crippen molar-refractivity contribution < 1.29 is 4.74 Å². The predicted molar refractivity (Wildman–Crippen MR) is 116 cm³/mol. The number of hydrogen-bond donors (Lipinski definition) is 0. The third-order valence-corrected chi connectivity index (χ3v) is 7.29. The fraction of sp³-hybridized carbons (Fsp3) is 0.417. The summed E-state index contributed by atoms with van der Waals surface area (Å²) in [6.45, 7) is 2.38. The standard InChI is InChI=1S/C24H25ClN4O/c1-28-13-18-12-19(25)6-7-21(18)29-22(14-28)26-27-23(29)16-8-10-24(11-9-16)20-5-3-2-4-17(20)15-30-24/h2-7,12,16H,8-11,13-15H2,1H3. The highest BCUT2D eigenvalue weighted by molar-refractivity contribution is 6.30. The molecule has 1 fully saturated rings. The first-order valence-corrected chi connectivity index (χ1v) is 11.1. The van der Waals surface area contributed by atoms with Crippen LogP contribution in [-0.2, 0) is 30.0 Å². The molecule has 0 bridgehead atoms. The van der Waals surface area contributed by atoms with Crippen molar-refractivity contribution in [3.63, 3.8) is 0 Å². The van der Waals surface area contributed by atoms with Crippen molar-refractivity contribution >= 4 is 11.6 Å². The number of aromatic nitrogens is 3. The van der Waals surface area contributed by atoms with E-state index in [-0.39, 0.29) is 5.60 Å². The maximum atomic E-state index is 6.37. The van der Waals surface area contributed by atoms with E-state index < -0.39 is 0 Å². The molecule has 1 saturated carbocycles. The fourth-order valence-corrected chi connectivity index (χ4v) is 5.78. The molecule has 0 atom stereocenters. The first-order valence-electron chi connectivity index (χ1n) is 10.8. The molecule has 6 rings (SSSR count). The molecule has 1 spiro atoms. The molecule has 5 nitrogen and oxygen atoms in total. The molecule has 154 valence electrons. The van der Waals surface area contributed by atoms with Crippen molar-refractivity contribution in [2.24, 2.45) is 0 Å². The van der Waals surface area contributed by atoms with Crippen LogP contribution in [0, 0.1) is 0 Å². The van der Waals surface area contributed by atoms with Gasteiger partial charge in [-0.2, -0.15) is 0 Å². The van der Waals surface area contributed by atoms with Crippen LogP contribution < -0.4 is 0 Å². The largest absolute Gasteiger partial charge is 0.366 e. The molecule has 0 saturated heterocycles. The van der Waals surface area contributed by atoms with Crippen LogP contribution in [0.15, 0.2) is 42.5 Å². The van der Waals surface area contributed by atoms with Gasteiger partial charge in [0.25, 0.3) is 0 Å². The van der Waals surface area contributed by atoms with E-state index in [9.17, 15) is 0 Å². The Labute approximate surface area is 181 Å². The smallest absolute Gasteiger partial charge is 0.151 e. The van der Waals surface area contributed by atoms with E-state index in [0.717, 1.165) is 62.1 Å². The number of rotatable bonds is 1. The van der Waals surface area contributed by atoms with Gasteiger partial charge in [-0.15, -0.1) is 10.2 Å². The summed E-state index contributed by atoms with van der Waals surface area (Å²) in [7, 11) is 2.12. The van der Waals surface area contributed by atoms with Crippen molar-refractivity contribution in [1.82, 2.24) is 19.7 Å². The van der Waals surface area contributed by atoms with E-state index in [1.54, 1.807) is 0 Å². The molecule has 3 heterocycles. The Kier molecular flexibility index (Phi) is 4.27. The van der Waals surface area contributed by atoms with Crippen LogP contribution in [0.4, 0.5) is 0 Å². The van der Waals surface area contributed by atoms with Crippen LogP contribution in [0.2, 0.25) is 5.02 Å². The molecule has 2 aliphatic heterocycles. The van der Waals surface area contributed by atoms with Gasteiger partial charge in [0.15, 0.2) is 5.82 Å². The Morgan fingerprint density at radius 2 is 1.87 bits per heavy atom. The predicted octanol–water partition coefficient (Wildman–Crippen LogP) is 4.95. The lowest BCUT2D eigenvalue weighted by Crippen LogP contribution is -2.31. The van der Waals surface area contributed by atoms with Crippen LogP contribution in [0.25, 0.3) is 5.69 Å². The van der Waals surface area contributed by atoms with E-state index in [1.807, 2.05) is 6.07 Å². The fourth-order valence-electron chi connectivity index (χ4n) is 5.59. The summed E-state index contributed by atoms with van der Waals surface area (Å²) in [5, 5.41) is 10.1. The average Bonchev–Trinajstić information content (AvgIpc) is 3.28. The second-order valence-electron chi connectivity index (χ2n) is 8.97. The molecule has 0 amide bonds. The summed E-state index contributed by atoms with van der Waals surface area (Å²) in [5.41, 5.74) is 5.03. The lowest BCUT2D eigenvalue weighted by atomic mass is 9.74. The Balaban J connectivity index is 1.34. The second kappa shape index (κ2) is 6.91. The van der Waals surface area contributed by atoms with Crippen LogP contribution in [-0.4, -0.2) is 26.7 Å². The molecule has 3 aliphatic rings. The van der Waals surface area contributed by atoms with Crippen molar-refractivity contribution in [2.45, 2.75) is 56.9 Å². The Hall–Kier alpha value is -2.21. The molecule has 0 N–H and O–H groups in total. The lowest BCUT2D eigenvalue weighted by molar-refractivity contribution is -0.0674. The van der Waals surface area contributed by atoms with Gasteiger partial charge in [0, 0.05) is 17.5 Å². The normalized spacial score (nSPS) is 25.6. The van der Waals surface area contributed by atoms with Gasteiger partial charge in [-0.3, -0.25) is 9.47 Å². The molecular formula is C24H25ClN4O. The van der Waals surface area contributed by atoms with Crippen LogP contribution in [0.5, 0.6) is 0 Å². The van der Waals surface area contributed by atoms with Gasteiger partial charge in [0.2, 0.25) is 0 Å². The molecule has 3 aromatic rings. The van der Waals surface area contributed by atoms with Crippen LogP contribution in [0.3, 0.4) is 0 Å².